The molecule has 4 rings (SSSR count). The van der Waals surface area contributed by atoms with Gasteiger partial charge in [0.15, 0.2) is 5.03 Å². The summed E-state index contributed by atoms with van der Waals surface area (Å²) in [4.78, 5) is 17.2. The second-order valence-corrected chi connectivity index (χ2v) is 10.8. The Morgan fingerprint density at radius 3 is 2.65 bits per heavy atom. The molecule has 31 heavy (non-hydrogen) atoms. The molecule has 3 aromatic heterocycles. The van der Waals surface area contributed by atoms with Gasteiger partial charge in [0.2, 0.25) is 9.84 Å². The molecule has 9 heteroatoms. The third-order valence-corrected chi connectivity index (χ3v) is 8.29. The third-order valence-electron chi connectivity index (χ3n) is 5.14. The van der Waals surface area contributed by atoms with E-state index in [1.807, 2.05) is 13.8 Å². The van der Waals surface area contributed by atoms with E-state index in [2.05, 4.69) is 4.98 Å². The Morgan fingerprint density at radius 1 is 1.19 bits per heavy atom. The van der Waals surface area contributed by atoms with Crippen LogP contribution in [0, 0.1) is 13.8 Å². The number of halogens is 1. The minimum Gasteiger partial charge on any atom is -0.480 e. The molecule has 4 aromatic rings. The molecule has 0 radical (unpaired) electrons. The summed E-state index contributed by atoms with van der Waals surface area (Å²) < 4.78 is 28.2. The van der Waals surface area contributed by atoms with E-state index < -0.39 is 15.8 Å². The van der Waals surface area contributed by atoms with Crippen LogP contribution in [0.25, 0.3) is 10.9 Å². The summed E-state index contributed by atoms with van der Waals surface area (Å²) in [6, 6.07) is 11.8. The van der Waals surface area contributed by atoms with Crippen molar-refractivity contribution in [1.82, 2.24) is 9.55 Å². The molecule has 0 fully saturated rings. The lowest BCUT2D eigenvalue weighted by Crippen LogP contribution is -2.10. The monoisotopic (exact) mass is 474 g/mol. The van der Waals surface area contributed by atoms with Gasteiger partial charge in [-0.05, 0) is 55.8 Å². The van der Waals surface area contributed by atoms with E-state index in [1.54, 1.807) is 41.0 Å². The van der Waals surface area contributed by atoms with Crippen molar-refractivity contribution in [2.45, 2.75) is 36.7 Å². The average Bonchev–Trinajstić information content (AvgIpc) is 3.22. The molecule has 6 nitrogen and oxygen atoms in total. The molecule has 0 saturated heterocycles. The highest BCUT2D eigenvalue weighted by Crippen LogP contribution is 2.36. The number of aromatic nitrogens is 2. The minimum absolute atomic E-state index is 0.00196. The molecule has 160 valence electrons. The molecule has 0 bridgehead atoms. The number of hydrogen-bond donors (Lipinski definition) is 1. The molecule has 0 saturated carbocycles. The van der Waals surface area contributed by atoms with Gasteiger partial charge in [0.1, 0.15) is 6.54 Å². The highest BCUT2D eigenvalue weighted by molar-refractivity contribution is 7.91. The Kier molecular flexibility index (Phi) is 5.63. The number of aryl methyl sites for hydroxylation is 1. The second-order valence-electron chi connectivity index (χ2n) is 7.20. The number of pyridine rings is 1. The predicted molar refractivity (Wildman–Crippen MR) is 121 cm³/mol. The Balaban J connectivity index is 1.88. The first-order valence-corrected chi connectivity index (χ1v) is 12.1. The second kappa shape index (κ2) is 8.11. The molecule has 0 spiro atoms. The Labute approximate surface area is 188 Å². The number of fused-ring (bicyclic) bond motifs is 1. The predicted octanol–water partition coefficient (Wildman–Crippen LogP) is 4.88. The standard InChI is InChI=1S/C22H19ClN2O4S2/c1-13-9-20(31(28,29)21-5-3-4-8-24-21)19(30-13)11-16-14(2)25(12-22(26)27)18-7-6-15(23)10-17(16)18/h3-10H,11-12H2,1-2H3,(H,26,27). The van der Waals surface area contributed by atoms with Crippen molar-refractivity contribution in [2.75, 3.05) is 0 Å². The van der Waals surface area contributed by atoms with Gasteiger partial charge in [-0.15, -0.1) is 11.3 Å². The summed E-state index contributed by atoms with van der Waals surface area (Å²) in [5, 5.41) is 10.7. The van der Waals surface area contributed by atoms with Crippen molar-refractivity contribution in [3.05, 3.63) is 74.7 Å². The fraction of sp³-hybridized carbons (Fsp3) is 0.182. The highest BCUT2D eigenvalue weighted by Gasteiger charge is 2.26. The summed E-state index contributed by atoms with van der Waals surface area (Å²) in [5.74, 6) is -0.952. The smallest absolute Gasteiger partial charge is 0.323 e. The Morgan fingerprint density at radius 2 is 1.97 bits per heavy atom. The van der Waals surface area contributed by atoms with Gasteiger partial charge in [-0.2, -0.15) is 0 Å². The van der Waals surface area contributed by atoms with Gasteiger partial charge in [0, 0.05) is 44.0 Å². The average molecular weight is 475 g/mol. The zero-order valence-electron chi connectivity index (χ0n) is 16.8. The molecule has 1 aromatic carbocycles. The zero-order chi connectivity index (χ0) is 22.3. The number of carbonyl (C=O) groups is 1. The van der Waals surface area contributed by atoms with Crippen LogP contribution in [0.4, 0.5) is 0 Å². The Hall–Kier alpha value is -2.68. The van der Waals surface area contributed by atoms with Crippen LogP contribution in [0.3, 0.4) is 0 Å². The van der Waals surface area contributed by atoms with Crippen molar-refractivity contribution in [1.29, 1.82) is 0 Å². The van der Waals surface area contributed by atoms with E-state index in [9.17, 15) is 18.3 Å². The first-order chi connectivity index (χ1) is 14.7. The van der Waals surface area contributed by atoms with Crippen molar-refractivity contribution in [3.8, 4) is 0 Å². The normalized spacial score (nSPS) is 11.8. The number of benzene rings is 1. The fourth-order valence-electron chi connectivity index (χ4n) is 3.76. The lowest BCUT2D eigenvalue weighted by Gasteiger charge is -2.07. The first kappa shape index (κ1) is 21.5. The summed E-state index contributed by atoms with van der Waals surface area (Å²) >= 11 is 7.63. The molecule has 3 heterocycles. The summed E-state index contributed by atoms with van der Waals surface area (Å²) in [6.07, 6.45) is 1.80. The van der Waals surface area contributed by atoms with E-state index in [4.69, 9.17) is 11.6 Å². The van der Waals surface area contributed by atoms with Crippen LogP contribution in [-0.2, 0) is 27.6 Å². The van der Waals surface area contributed by atoms with Crippen LogP contribution in [0.1, 0.15) is 21.0 Å². The molecular formula is C22H19ClN2O4S2. The maximum Gasteiger partial charge on any atom is 0.323 e. The van der Waals surface area contributed by atoms with Gasteiger partial charge in [-0.25, -0.2) is 13.4 Å². The largest absolute Gasteiger partial charge is 0.480 e. The van der Waals surface area contributed by atoms with Gasteiger partial charge in [-0.3, -0.25) is 4.79 Å². The van der Waals surface area contributed by atoms with E-state index >= 15 is 0 Å². The van der Waals surface area contributed by atoms with Gasteiger partial charge < -0.3 is 9.67 Å². The van der Waals surface area contributed by atoms with Crippen LogP contribution in [0.2, 0.25) is 5.02 Å². The number of nitrogens with zero attached hydrogens (tertiary/aromatic N) is 2. The van der Waals surface area contributed by atoms with Gasteiger partial charge in [-0.1, -0.05) is 17.7 Å². The van der Waals surface area contributed by atoms with Gasteiger partial charge in [0.05, 0.1) is 4.90 Å². The molecule has 0 aliphatic heterocycles. The molecular weight excluding hydrogens is 456 g/mol. The van der Waals surface area contributed by atoms with Gasteiger partial charge >= 0.3 is 5.97 Å². The molecule has 0 amide bonds. The molecule has 1 N–H and O–H groups in total. The number of rotatable bonds is 6. The minimum atomic E-state index is -3.78. The van der Waals surface area contributed by atoms with Crippen LogP contribution in [0.5, 0.6) is 0 Å². The third kappa shape index (κ3) is 3.98. The number of carboxylic acids is 1. The topological polar surface area (TPSA) is 89.3 Å². The fourth-order valence-corrected chi connectivity index (χ4v) is 6.78. The Bertz CT molecular complexity index is 1410. The SMILES string of the molecule is Cc1cc(S(=O)(=O)c2ccccn2)c(Cc2c(C)n(CC(=O)O)c3ccc(Cl)cc23)s1. The van der Waals surface area contributed by atoms with Crippen molar-refractivity contribution >= 4 is 49.6 Å². The number of sulfone groups is 1. The van der Waals surface area contributed by atoms with Crippen LogP contribution in [0.15, 0.2) is 58.6 Å². The molecule has 0 unspecified atom stereocenters. The van der Waals surface area contributed by atoms with Crippen LogP contribution < -0.4 is 0 Å². The summed E-state index contributed by atoms with van der Waals surface area (Å²) in [7, 11) is -3.78. The number of hydrogen-bond acceptors (Lipinski definition) is 5. The molecule has 0 aliphatic rings. The number of aliphatic carboxylic acids is 1. The van der Waals surface area contributed by atoms with Crippen molar-refractivity contribution in [2.24, 2.45) is 0 Å². The number of carboxylic acid groups (broad SMARTS) is 1. The zero-order valence-corrected chi connectivity index (χ0v) is 19.2. The summed E-state index contributed by atoms with van der Waals surface area (Å²) in [6.45, 7) is 3.52. The van der Waals surface area contributed by atoms with E-state index in [0.717, 1.165) is 27.0 Å². The van der Waals surface area contributed by atoms with Crippen LogP contribution >= 0.6 is 22.9 Å². The molecule has 0 atom stereocenters. The van der Waals surface area contributed by atoms with E-state index in [0.29, 0.717) is 16.3 Å². The summed E-state index contributed by atoms with van der Waals surface area (Å²) in [5.41, 5.74) is 2.38. The van der Waals surface area contributed by atoms with Crippen LogP contribution in [-0.4, -0.2) is 29.0 Å². The maximum absolute atomic E-state index is 13.3. The van der Waals surface area contributed by atoms with Crippen molar-refractivity contribution < 1.29 is 18.3 Å². The van der Waals surface area contributed by atoms with Gasteiger partial charge in [0.25, 0.3) is 0 Å². The van der Waals surface area contributed by atoms with Crippen molar-refractivity contribution in [3.63, 3.8) is 0 Å². The molecule has 0 aliphatic carbocycles. The lowest BCUT2D eigenvalue weighted by molar-refractivity contribution is -0.137. The van der Waals surface area contributed by atoms with E-state index in [1.165, 1.54) is 23.6 Å². The van der Waals surface area contributed by atoms with E-state index in [-0.39, 0.29) is 16.5 Å². The quantitative estimate of drug-likeness (QED) is 0.430. The number of thiophene rings is 1. The lowest BCUT2D eigenvalue weighted by atomic mass is 10.1. The highest BCUT2D eigenvalue weighted by atomic mass is 35.5. The first-order valence-electron chi connectivity index (χ1n) is 9.43. The maximum atomic E-state index is 13.3.